The van der Waals surface area contributed by atoms with Gasteiger partial charge >= 0.3 is 0 Å². The molecule has 7 heteroatoms. The van der Waals surface area contributed by atoms with Crippen molar-refractivity contribution in [2.45, 2.75) is 4.90 Å². The standard InChI is InChI=1S/C9H11ClN2O2S2/c10-8-1-2-11-7-9(8)16(13,14)12-3-5-15-6-4-12/h1-2,7H,3-6H2. The minimum atomic E-state index is -3.47. The van der Waals surface area contributed by atoms with Crippen LogP contribution in [0, 0.1) is 0 Å². The summed E-state index contributed by atoms with van der Waals surface area (Å²) in [5.74, 6) is 1.66. The number of halogens is 1. The lowest BCUT2D eigenvalue weighted by Gasteiger charge is -2.25. The maximum atomic E-state index is 12.2. The van der Waals surface area contributed by atoms with Crippen LogP contribution in [0.25, 0.3) is 0 Å². The molecule has 2 heterocycles. The van der Waals surface area contributed by atoms with Gasteiger partial charge in [0.1, 0.15) is 4.90 Å². The molecule has 0 spiro atoms. The van der Waals surface area contributed by atoms with Gasteiger partial charge in [-0.15, -0.1) is 0 Å². The van der Waals surface area contributed by atoms with Crippen molar-refractivity contribution in [2.24, 2.45) is 0 Å². The molecule has 16 heavy (non-hydrogen) atoms. The van der Waals surface area contributed by atoms with E-state index in [4.69, 9.17) is 11.6 Å². The molecule has 1 fully saturated rings. The average molecular weight is 279 g/mol. The van der Waals surface area contributed by atoms with Crippen LogP contribution in [0.4, 0.5) is 0 Å². The van der Waals surface area contributed by atoms with Crippen LogP contribution in [-0.2, 0) is 10.0 Å². The van der Waals surface area contributed by atoms with E-state index in [2.05, 4.69) is 4.98 Å². The fraction of sp³-hybridized carbons (Fsp3) is 0.444. The summed E-state index contributed by atoms with van der Waals surface area (Å²) < 4.78 is 25.9. The van der Waals surface area contributed by atoms with Gasteiger partial charge in [-0.25, -0.2) is 8.42 Å². The molecule has 0 saturated carbocycles. The highest BCUT2D eigenvalue weighted by atomic mass is 35.5. The summed E-state index contributed by atoms with van der Waals surface area (Å²) in [7, 11) is -3.47. The smallest absolute Gasteiger partial charge is 0.246 e. The summed E-state index contributed by atoms with van der Waals surface area (Å²) in [5.41, 5.74) is 0. The van der Waals surface area contributed by atoms with E-state index in [1.807, 2.05) is 0 Å². The quantitative estimate of drug-likeness (QED) is 0.822. The molecule has 4 nitrogen and oxygen atoms in total. The molecule has 1 aromatic heterocycles. The average Bonchev–Trinajstić information content (AvgIpc) is 2.30. The Bertz CT molecular complexity index is 472. The summed E-state index contributed by atoms with van der Waals surface area (Å²) in [6.45, 7) is 1.08. The maximum absolute atomic E-state index is 12.2. The zero-order valence-electron chi connectivity index (χ0n) is 8.47. The van der Waals surface area contributed by atoms with Crippen molar-refractivity contribution in [1.82, 2.24) is 9.29 Å². The van der Waals surface area contributed by atoms with Crippen LogP contribution in [0.5, 0.6) is 0 Å². The third-order valence-corrected chi connectivity index (χ3v) is 5.63. The normalized spacial score (nSPS) is 18.6. The predicted octanol–water partition coefficient (Wildman–Crippen LogP) is 1.47. The first kappa shape index (κ1) is 12.2. The molecule has 88 valence electrons. The number of hydrogen-bond donors (Lipinski definition) is 0. The molecule has 0 amide bonds. The molecule has 0 N–H and O–H groups in total. The van der Waals surface area contributed by atoms with Crippen LogP contribution < -0.4 is 0 Å². The molecule has 0 unspecified atom stereocenters. The number of pyridine rings is 1. The van der Waals surface area contributed by atoms with Gasteiger partial charge in [0.15, 0.2) is 0 Å². The van der Waals surface area contributed by atoms with E-state index in [0.29, 0.717) is 13.1 Å². The van der Waals surface area contributed by atoms with E-state index < -0.39 is 10.0 Å². The van der Waals surface area contributed by atoms with Gasteiger partial charge in [-0.2, -0.15) is 16.1 Å². The van der Waals surface area contributed by atoms with Gasteiger partial charge in [0, 0.05) is 37.0 Å². The molecule has 1 aliphatic rings. The highest BCUT2D eigenvalue weighted by Gasteiger charge is 2.28. The zero-order valence-corrected chi connectivity index (χ0v) is 10.9. The number of rotatable bonds is 2. The van der Waals surface area contributed by atoms with Gasteiger partial charge in [-0.05, 0) is 6.07 Å². The third-order valence-electron chi connectivity index (χ3n) is 2.32. The van der Waals surface area contributed by atoms with E-state index in [1.165, 1.54) is 22.8 Å². The summed E-state index contributed by atoms with van der Waals surface area (Å²) in [5, 5.41) is 0.230. The molecule has 1 aliphatic heterocycles. The number of thioether (sulfide) groups is 1. The molecular formula is C9H11ClN2O2S2. The van der Waals surface area contributed by atoms with Crippen molar-refractivity contribution in [2.75, 3.05) is 24.6 Å². The van der Waals surface area contributed by atoms with Gasteiger partial charge in [0.05, 0.1) is 5.02 Å². The Hall–Kier alpha value is -0.300. The van der Waals surface area contributed by atoms with Crippen molar-refractivity contribution in [3.05, 3.63) is 23.5 Å². The van der Waals surface area contributed by atoms with Gasteiger partial charge in [0.25, 0.3) is 0 Å². The number of sulfonamides is 1. The molecule has 1 aromatic rings. The molecule has 1 saturated heterocycles. The molecule has 0 bridgehead atoms. The second-order valence-electron chi connectivity index (χ2n) is 3.32. The Morgan fingerprint density at radius 1 is 1.38 bits per heavy atom. The second kappa shape index (κ2) is 4.91. The van der Waals surface area contributed by atoms with Crippen LogP contribution in [0.1, 0.15) is 0 Å². The van der Waals surface area contributed by atoms with Crippen LogP contribution in [0.3, 0.4) is 0 Å². The summed E-state index contributed by atoms with van der Waals surface area (Å²) in [6, 6.07) is 1.49. The van der Waals surface area contributed by atoms with Crippen LogP contribution in [0.15, 0.2) is 23.4 Å². The largest absolute Gasteiger partial charge is 0.263 e. The fourth-order valence-electron chi connectivity index (χ4n) is 1.48. The molecule has 0 aromatic carbocycles. The minimum Gasteiger partial charge on any atom is -0.263 e. The maximum Gasteiger partial charge on any atom is 0.246 e. The number of aromatic nitrogens is 1. The van der Waals surface area contributed by atoms with Crippen molar-refractivity contribution in [1.29, 1.82) is 0 Å². The van der Waals surface area contributed by atoms with E-state index >= 15 is 0 Å². The van der Waals surface area contributed by atoms with Gasteiger partial charge in [-0.3, -0.25) is 4.98 Å². The summed E-state index contributed by atoms with van der Waals surface area (Å²) >= 11 is 7.64. The van der Waals surface area contributed by atoms with Crippen molar-refractivity contribution in [3.63, 3.8) is 0 Å². The first-order valence-electron chi connectivity index (χ1n) is 4.80. The van der Waals surface area contributed by atoms with Crippen molar-refractivity contribution >= 4 is 33.4 Å². The number of hydrogen-bond acceptors (Lipinski definition) is 4. The Kier molecular flexibility index (Phi) is 3.73. The van der Waals surface area contributed by atoms with Crippen LogP contribution >= 0.6 is 23.4 Å². The molecule has 0 atom stereocenters. The predicted molar refractivity (Wildman–Crippen MR) is 65.3 cm³/mol. The first-order valence-corrected chi connectivity index (χ1v) is 7.77. The van der Waals surface area contributed by atoms with Crippen LogP contribution in [-0.4, -0.2) is 42.3 Å². The minimum absolute atomic E-state index is 0.101. The molecular weight excluding hydrogens is 268 g/mol. The highest BCUT2D eigenvalue weighted by molar-refractivity contribution is 7.99. The summed E-state index contributed by atoms with van der Waals surface area (Å²) in [4.78, 5) is 3.91. The fourth-order valence-corrected chi connectivity index (χ4v) is 4.46. The van der Waals surface area contributed by atoms with E-state index in [-0.39, 0.29) is 9.92 Å². The first-order chi connectivity index (χ1) is 7.62. The molecule has 0 radical (unpaired) electrons. The highest BCUT2D eigenvalue weighted by Crippen LogP contribution is 2.25. The third kappa shape index (κ3) is 2.34. The van der Waals surface area contributed by atoms with E-state index in [1.54, 1.807) is 11.8 Å². The Morgan fingerprint density at radius 3 is 2.69 bits per heavy atom. The molecule has 2 rings (SSSR count). The zero-order chi connectivity index (χ0) is 11.6. The summed E-state index contributed by atoms with van der Waals surface area (Å²) in [6.07, 6.45) is 2.78. The monoisotopic (exact) mass is 278 g/mol. The topological polar surface area (TPSA) is 50.3 Å². The molecule has 0 aliphatic carbocycles. The van der Waals surface area contributed by atoms with Crippen molar-refractivity contribution < 1.29 is 8.42 Å². The Morgan fingerprint density at radius 2 is 2.06 bits per heavy atom. The van der Waals surface area contributed by atoms with Gasteiger partial charge < -0.3 is 0 Å². The Balaban J connectivity index is 2.35. The van der Waals surface area contributed by atoms with Gasteiger partial charge in [0.2, 0.25) is 10.0 Å². The van der Waals surface area contributed by atoms with E-state index in [0.717, 1.165) is 11.5 Å². The van der Waals surface area contributed by atoms with Gasteiger partial charge in [-0.1, -0.05) is 11.6 Å². The lowest BCUT2D eigenvalue weighted by Crippen LogP contribution is -2.38. The van der Waals surface area contributed by atoms with Crippen molar-refractivity contribution in [3.8, 4) is 0 Å². The Labute approximate surface area is 104 Å². The number of nitrogens with zero attached hydrogens (tertiary/aromatic N) is 2. The lowest BCUT2D eigenvalue weighted by molar-refractivity contribution is 0.443. The lowest BCUT2D eigenvalue weighted by atomic mass is 10.5. The van der Waals surface area contributed by atoms with E-state index in [9.17, 15) is 8.42 Å². The second-order valence-corrected chi connectivity index (χ2v) is 6.86. The SMILES string of the molecule is O=S(=O)(c1cnccc1Cl)N1CCSCC1. The van der Waals surface area contributed by atoms with Crippen LogP contribution in [0.2, 0.25) is 5.02 Å².